The fourth-order valence-corrected chi connectivity index (χ4v) is 3.53. The van der Waals surface area contributed by atoms with Crippen LogP contribution in [0.4, 0.5) is 0 Å². The molecule has 1 fully saturated rings. The minimum absolute atomic E-state index is 0.395. The quantitative estimate of drug-likeness (QED) is 0.576. The molecule has 1 unspecified atom stereocenters. The third-order valence-electron chi connectivity index (χ3n) is 3.87. The normalized spacial score (nSPS) is 24.6. The van der Waals surface area contributed by atoms with Gasteiger partial charge in [-0.25, -0.2) is 0 Å². The number of nitrogens with zero attached hydrogens (tertiary/aromatic N) is 1. The van der Waals surface area contributed by atoms with Crippen molar-refractivity contribution in [3.8, 4) is 0 Å². The van der Waals surface area contributed by atoms with Gasteiger partial charge in [-0.1, -0.05) is 26.7 Å². The molecule has 3 nitrogen and oxygen atoms in total. The molecule has 0 aliphatic carbocycles. The molecule has 0 aromatic heterocycles. The Morgan fingerprint density at radius 1 is 1.33 bits per heavy atom. The summed E-state index contributed by atoms with van der Waals surface area (Å²) in [5.74, 6) is 3.01. The molecule has 106 valence electrons. The number of hydrogen-bond acceptors (Lipinski definition) is 2. The molecule has 1 aliphatic heterocycles. The molecule has 0 aromatic rings. The van der Waals surface area contributed by atoms with E-state index in [1.807, 2.05) is 7.05 Å². The van der Waals surface area contributed by atoms with E-state index in [9.17, 15) is 0 Å². The van der Waals surface area contributed by atoms with Gasteiger partial charge in [-0.05, 0) is 31.4 Å². The number of guanidine groups is 1. The molecule has 1 rings (SSSR count). The molecule has 0 bridgehead atoms. The van der Waals surface area contributed by atoms with Crippen LogP contribution in [0.2, 0.25) is 0 Å². The third-order valence-corrected chi connectivity index (χ3v) is 5.40. The molecule has 2 N–H and O–H groups in total. The summed E-state index contributed by atoms with van der Waals surface area (Å²) in [5.41, 5.74) is 0. The SMILES string of the molecule is CCC(CC)CNC(=NC)NCC1(C)CCCS1. The van der Waals surface area contributed by atoms with Gasteiger partial charge in [0, 0.05) is 24.9 Å². The molecule has 18 heavy (non-hydrogen) atoms. The summed E-state index contributed by atoms with van der Waals surface area (Å²) in [5, 5.41) is 6.92. The predicted molar refractivity (Wildman–Crippen MR) is 83.5 cm³/mol. The minimum atomic E-state index is 0.395. The van der Waals surface area contributed by atoms with Crippen molar-refractivity contribution in [2.75, 3.05) is 25.9 Å². The summed E-state index contributed by atoms with van der Waals surface area (Å²) in [6.45, 7) is 8.90. The van der Waals surface area contributed by atoms with Gasteiger partial charge in [-0.3, -0.25) is 4.99 Å². The number of rotatable bonds is 6. The number of thioether (sulfide) groups is 1. The van der Waals surface area contributed by atoms with Crippen molar-refractivity contribution in [2.24, 2.45) is 10.9 Å². The van der Waals surface area contributed by atoms with E-state index in [1.54, 1.807) is 0 Å². The Balaban J connectivity index is 2.29. The first-order valence-electron chi connectivity index (χ1n) is 7.22. The Kier molecular flexibility index (Phi) is 6.90. The highest BCUT2D eigenvalue weighted by Gasteiger charge is 2.29. The third kappa shape index (κ3) is 5.09. The van der Waals surface area contributed by atoms with E-state index in [4.69, 9.17) is 0 Å². The van der Waals surface area contributed by atoms with Crippen LogP contribution in [0.15, 0.2) is 4.99 Å². The maximum Gasteiger partial charge on any atom is 0.191 e. The first kappa shape index (κ1) is 15.7. The Hall–Kier alpha value is -0.380. The monoisotopic (exact) mass is 271 g/mol. The standard InChI is InChI=1S/C14H29N3S/c1-5-12(6-2)10-16-13(15-4)17-11-14(3)8-7-9-18-14/h12H,5-11H2,1-4H3,(H2,15,16,17). The van der Waals surface area contributed by atoms with Crippen LogP contribution in [-0.4, -0.2) is 36.6 Å². The topological polar surface area (TPSA) is 36.4 Å². The summed E-state index contributed by atoms with van der Waals surface area (Å²) in [6, 6.07) is 0. The van der Waals surface area contributed by atoms with Gasteiger partial charge in [0.05, 0.1) is 0 Å². The van der Waals surface area contributed by atoms with Crippen LogP contribution in [0.25, 0.3) is 0 Å². The van der Waals surface area contributed by atoms with Crippen molar-refractivity contribution in [1.29, 1.82) is 0 Å². The van der Waals surface area contributed by atoms with Crippen LogP contribution in [0, 0.1) is 5.92 Å². The molecule has 0 radical (unpaired) electrons. The van der Waals surface area contributed by atoms with Crippen molar-refractivity contribution in [1.82, 2.24) is 10.6 Å². The van der Waals surface area contributed by atoms with E-state index >= 15 is 0 Å². The molecule has 0 aromatic carbocycles. The Morgan fingerprint density at radius 3 is 2.56 bits per heavy atom. The van der Waals surface area contributed by atoms with E-state index in [1.165, 1.54) is 31.4 Å². The van der Waals surface area contributed by atoms with Crippen molar-refractivity contribution >= 4 is 17.7 Å². The highest BCUT2D eigenvalue weighted by Crippen LogP contribution is 2.36. The summed E-state index contributed by atoms with van der Waals surface area (Å²) in [7, 11) is 1.85. The van der Waals surface area contributed by atoms with Crippen molar-refractivity contribution in [3.05, 3.63) is 0 Å². The van der Waals surface area contributed by atoms with E-state index < -0.39 is 0 Å². The molecule has 1 saturated heterocycles. The second-order valence-electron chi connectivity index (χ2n) is 5.39. The van der Waals surface area contributed by atoms with Gasteiger partial charge in [-0.15, -0.1) is 0 Å². The smallest absolute Gasteiger partial charge is 0.191 e. The molecule has 1 atom stereocenters. The van der Waals surface area contributed by atoms with E-state index in [0.717, 1.165) is 25.0 Å². The molecule has 0 amide bonds. The van der Waals surface area contributed by atoms with Gasteiger partial charge in [-0.2, -0.15) is 11.8 Å². The second-order valence-corrected chi connectivity index (χ2v) is 7.07. The predicted octanol–water partition coefficient (Wildman–Crippen LogP) is 2.87. The summed E-state index contributed by atoms with van der Waals surface area (Å²) in [6.07, 6.45) is 5.12. The van der Waals surface area contributed by atoms with Gasteiger partial charge < -0.3 is 10.6 Å². The second kappa shape index (κ2) is 7.93. The molecular weight excluding hydrogens is 242 g/mol. The van der Waals surface area contributed by atoms with Gasteiger partial charge in [0.15, 0.2) is 5.96 Å². The average Bonchev–Trinajstić information content (AvgIpc) is 2.81. The molecular formula is C14H29N3S. The maximum absolute atomic E-state index is 4.31. The molecule has 0 spiro atoms. The van der Waals surface area contributed by atoms with Crippen LogP contribution >= 0.6 is 11.8 Å². The lowest BCUT2D eigenvalue weighted by Gasteiger charge is -2.25. The van der Waals surface area contributed by atoms with Crippen molar-refractivity contribution in [2.45, 2.75) is 51.2 Å². The van der Waals surface area contributed by atoms with Crippen molar-refractivity contribution < 1.29 is 0 Å². The van der Waals surface area contributed by atoms with E-state index in [-0.39, 0.29) is 0 Å². The van der Waals surface area contributed by atoms with Crippen LogP contribution in [0.5, 0.6) is 0 Å². The number of aliphatic imine (C=N–C) groups is 1. The van der Waals surface area contributed by atoms with E-state index in [2.05, 4.69) is 48.2 Å². The molecule has 0 saturated carbocycles. The number of nitrogens with one attached hydrogen (secondary N) is 2. The lowest BCUT2D eigenvalue weighted by Crippen LogP contribution is -2.44. The van der Waals surface area contributed by atoms with Crippen LogP contribution < -0.4 is 10.6 Å². The molecule has 1 aliphatic rings. The average molecular weight is 271 g/mol. The van der Waals surface area contributed by atoms with Crippen molar-refractivity contribution in [3.63, 3.8) is 0 Å². The van der Waals surface area contributed by atoms with Gasteiger partial charge in [0.25, 0.3) is 0 Å². The highest BCUT2D eigenvalue weighted by molar-refractivity contribution is 8.00. The zero-order valence-corrected chi connectivity index (χ0v) is 13.2. The van der Waals surface area contributed by atoms with Gasteiger partial charge in [0.2, 0.25) is 0 Å². The minimum Gasteiger partial charge on any atom is -0.356 e. The Morgan fingerprint density at radius 2 is 2.06 bits per heavy atom. The summed E-state index contributed by atoms with van der Waals surface area (Å²) in [4.78, 5) is 4.31. The van der Waals surface area contributed by atoms with E-state index in [0.29, 0.717) is 4.75 Å². The maximum atomic E-state index is 4.31. The summed E-state index contributed by atoms with van der Waals surface area (Å²) >= 11 is 2.09. The van der Waals surface area contributed by atoms with Gasteiger partial charge in [0.1, 0.15) is 0 Å². The zero-order chi connectivity index (χ0) is 13.4. The lowest BCUT2D eigenvalue weighted by molar-refractivity contribution is 0.479. The first-order chi connectivity index (χ1) is 8.63. The largest absolute Gasteiger partial charge is 0.356 e. The fraction of sp³-hybridized carbons (Fsp3) is 0.929. The Bertz CT molecular complexity index is 256. The van der Waals surface area contributed by atoms with Crippen LogP contribution in [0.1, 0.15) is 46.5 Å². The fourth-order valence-electron chi connectivity index (χ4n) is 2.29. The molecule has 1 heterocycles. The van der Waals surface area contributed by atoms with Crippen LogP contribution in [-0.2, 0) is 0 Å². The summed E-state index contributed by atoms with van der Waals surface area (Å²) < 4.78 is 0.395. The number of hydrogen-bond donors (Lipinski definition) is 2. The molecule has 4 heteroatoms. The van der Waals surface area contributed by atoms with Gasteiger partial charge >= 0.3 is 0 Å². The first-order valence-corrected chi connectivity index (χ1v) is 8.20. The zero-order valence-electron chi connectivity index (χ0n) is 12.4. The highest BCUT2D eigenvalue weighted by atomic mass is 32.2. The lowest BCUT2D eigenvalue weighted by atomic mass is 10.0. The van der Waals surface area contributed by atoms with Crippen LogP contribution in [0.3, 0.4) is 0 Å². The Labute approximate surface area is 117 Å².